The summed E-state index contributed by atoms with van der Waals surface area (Å²) in [6.07, 6.45) is 5.03. The Bertz CT molecular complexity index is 204. The van der Waals surface area contributed by atoms with Crippen LogP contribution in [0.25, 0.3) is 0 Å². The average molecular weight is 251 g/mol. The van der Waals surface area contributed by atoms with Crippen molar-refractivity contribution in [3.8, 4) is 0 Å². The van der Waals surface area contributed by atoms with Gasteiger partial charge in [0.15, 0.2) is 0 Å². The highest BCUT2D eigenvalue weighted by molar-refractivity contribution is 5.85. The van der Waals surface area contributed by atoms with Crippen LogP contribution < -0.4 is 5.73 Å². The molecule has 2 N–H and O–H groups in total. The predicted molar refractivity (Wildman–Crippen MR) is 66.7 cm³/mol. The molecule has 1 rings (SSSR count). The van der Waals surface area contributed by atoms with E-state index in [0.29, 0.717) is 19.0 Å². The summed E-state index contributed by atoms with van der Waals surface area (Å²) >= 11 is 0. The molecule has 0 heterocycles. The Morgan fingerprint density at radius 3 is 2.50 bits per heavy atom. The lowest BCUT2D eigenvalue weighted by molar-refractivity contribution is -0.134. The highest BCUT2D eigenvalue weighted by Crippen LogP contribution is 2.22. The average Bonchev–Trinajstić information content (AvgIpc) is 2.77. The third-order valence-corrected chi connectivity index (χ3v) is 3.26. The molecule has 1 aliphatic rings. The summed E-state index contributed by atoms with van der Waals surface area (Å²) in [6, 6.07) is 0.438. The van der Waals surface area contributed by atoms with Crippen molar-refractivity contribution in [2.45, 2.75) is 44.2 Å². The molecule has 0 aliphatic heterocycles. The Morgan fingerprint density at radius 1 is 1.50 bits per heavy atom. The summed E-state index contributed by atoms with van der Waals surface area (Å²) in [7, 11) is 3.49. The van der Waals surface area contributed by atoms with E-state index in [1.54, 1.807) is 7.11 Å². The molecular weight excluding hydrogens is 228 g/mol. The summed E-state index contributed by atoms with van der Waals surface area (Å²) in [5, 5.41) is 0. The smallest absolute Gasteiger partial charge is 0.225 e. The minimum absolute atomic E-state index is 0. The van der Waals surface area contributed by atoms with Crippen molar-refractivity contribution in [2.75, 3.05) is 20.7 Å². The standard InChI is InChI=1S/C11H22N2O2.ClH/c1-13(9-5-3-4-6-9)11(14)7-10(8-12)15-2;/h9-10H,3-8,12H2,1-2H3;1H. The van der Waals surface area contributed by atoms with Gasteiger partial charge in [-0.3, -0.25) is 4.79 Å². The predicted octanol–water partition coefficient (Wildman–Crippen LogP) is 1.17. The number of halogens is 1. The number of carbonyl (C=O) groups is 1. The number of amides is 1. The van der Waals surface area contributed by atoms with Crippen molar-refractivity contribution in [2.24, 2.45) is 5.73 Å². The van der Waals surface area contributed by atoms with E-state index in [9.17, 15) is 4.79 Å². The SMILES string of the molecule is COC(CN)CC(=O)N(C)C1CCCC1.Cl. The molecule has 1 aliphatic carbocycles. The van der Waals surface area contributed by atoms with Crippen LogP contribution in [0.5, 0.6) is 0 Å². The lowest BCUT2D eigenvalue weighted by Crippen LogP contribution is -2.38. The molecule has 5 heteroatoms. The van der Waals surface area contributed by atoms with Gasteiger partial charge < -0.3 is 15.4 Å². The summed E-state index contributed by atoms with van der Waals surface area (Å²) < 4.78 is 5.11. The molecule has 0 saturated heterocycles. The molecular formula is C11H23ClN2O2. The molecule has 0 bridgehead atoms. The maximum Gasteiger partial charge on any atom is 0.225 e. The Labute approximate surface area is 104 Å². The quantitative estimate of drug-likeness (QED) is 0.797. The monoisotopic (exact) mass is 250 g/mol. The Hall–Kier alpha value is -0.320. The van der Waals surface area contributed by atoms with Crippen LogP contribution in [0.3, 0.4) is 0 Å². The van der Waals surface area contributed by atoms with Crippen molar-refractivity contribution in [1.29, 1.82) is 0 Å². The molecule has 1 fully saturated rings. The number of hydrogen-bond donors (Lipinski definition) is 1. The molecule has 0 spiro atoms. The number of methoxy groups -OCH3 is 1. The normalized spacial score (nSPS) is 17.9. The van der Waals surface area contributed by atoms with E-state index in [1.807, 2.05) is 11.9 Å². The van der Waals surface area contributed by atoms with Crippen LogP contribution >= 0.6 is 12.4 Å². The van der Waals surface area contributed by atoms with Gasteiger partial charge in [-0.15, -0.1) is 12.4 Å². The largest absolute Gasteiger partial charge is 0.380 e. The minimum atomic E-state index is -0.138. The van der Waals surface area contributed by atoms with Crippen LogP contribution in [-0.4, -0.2) is 43.7 Å². The second-order valence-corrected chi connectivity index (χ2v) is 4.24. The molecule has 0 aromatic rings. The van der Waals surface area contributed by atoms with E-state index in [2.05, 4.69) is 0 Å². The summed E-state index contributed by atoms with van der Waals surface area (Å²) in [5.74, 6) is 0.152. The van der Waals surface area contributed by atoms with E-state index in [-0.39, 0.29) is 24.4 Å². The Balaban J connectivity index is 0.00000225. The molecule has 1 saturated carbocycles. The second kappa shape index (κ2) is 7.87. The van der Waals surface area contributed by atoms with Crippen molar-refractivity contribution < 1.29 is 9.53 Å². The van der Waals surface area contributed by atoms with Gasteiger partial charge in [0.25, 0.3) is 0 Å². The maximum atomic E-state index is 11.8. The second-order valence-electron chi connectivity index (χ2n) is 4.24. The zero-order chi connectivity index (χ0) is 11.3. The third-order valence-electron chi connectivity index (χ3n) is 3.26. The lowest BCUT2D eigenvalue weighted by atomic mass is 10.1. The van der Waals surface area contributed by atoms with Gasteiger partial charge >= 0.3 is 0 Å². The number of carbonyl (C=O) groups excluding carboxylic acids is 1. The zero-order valence-corrected chi connectivity index (χ0v) is 11.0. The molecule has 1 amide bonds. The van der Waals surface area contributed by atoms with E-state index in [4.69, 9.17) is 10.5 Å². The topological polar surface area (TPSA) is 55.6 Å². The summed E-state index contributed by atoms with van der Waals surface area (Å²) in [4.78, 5) is 13.7. The first kappa shape index (κ1) is 15.7. The lowest BCUT2D eigenvalue weighted by Gasteiger charge is -2.25. The fourth-order valence-corrected chi connectivity index (χ4v) is 2.10. The Kier molecular flexibility index (Phi) is 7.72. The fraction of sp³-hybridized carbons (Fsp3) is 0.909. The van der Waals surface area contributed by atoms with Gasteiger partial charge in [0.2, 0.25) is 5.91 Å². The van der Waals surface area contributed by atoms with Crippen LogP contribution in [0.15, 0.2) is 0 Å². The molecule has 0 aromatic carbocycles. The van der Waals surface area contributed by atoms with Gasteiger partial charge in [0, 0.05) is 26.7 Å². The number of hydrogen-bond acceptors (Lipinski definition) is 3. The summed E-state index contributed by atoms with van der Waals surface area (Å²) in [5.41, 5.74) is 5.49. The highest BCUT2D eigenvalue weighted by Gasteiger charge is 2.24. The van der Waals surface area contributed by atoms with Crippen molar-refractivity contribution >= 4 is 18.3 Å². The highest BCUT2D eigenvalue weighted by atomic mass is 35.5. The first-order valence-electron chi connectivity index (χ1n) is 5.67. The van der Waals surface area contributed by atoms with Crippen molar-refractivity contribution in [3.05, 3.63) is 0 Å². The van der Waals surface area contributed by atoms with Gasteiger partial charge in [-0.1, -0.05) is 12.8 Å². The third kappa shape index (κ3) is 4.28. The molecule has 96 valence electrons. The molecule has 0 aromatic heterocycles. The Morgan fingerprint density at radius 2 is 2.06 bits per heavy atom. The first-order valence-corrected chi connectivity index (χ1v) is 5.67. The van der Waals surface area contributed by atoms with Gasteiger partial charge in [-0.2, -0.15) is 0 Å². The van der Waals surface area contributed by atoms with E-state index in [0.717, 1.165) is 12.8 Å². The zero-order valence-electron chi connectivity index (χ0n) is 10.1. The minimum Gasteiger partial charge on any atom is -0.380 e. The van der Waals surface area contributed by atoms with Crippen LogP contribution in [-0.2, 0) is 9.53 Å². The van der Waals surface area contributed by atoms with Crippen LogP contribution in [0.4, 0.5) is 0 Å². The molecule has 0 radical (unpaired) electrons. The van der Waals surface area contributed by atoms with Crippen LogP contribution in [0, 0.1) is 0 Å². The first-order chi connectivity index (χ1) is 7.19. The number of nitrogens with two attached hydrogens (primary N) is 1. The van der Waals surface area contributed by atoms with Crippen molar-refractivity contribution in [1.82, 2.24) is 4.90 Å². The van der Waals surface area contributed by atoms with E-state index < -0.39 is 0 Å². The van der Waals surface area contributed by atoms with Gasteiger partial charge in [0.05, 0.1) is 12.5 Å². The fourth-order valence-electron chi connectivity index (χ4n) is 2.10. The van der Waals surface area contributed by atoms with Crippen LogP contribution in [0.1, 0.15) is 32.1 Å². The molecule has 16 heavy (non-hydrogen) atoms. The van der Waals surface area contributed by atoms with E-state index >= 15 is 0 Å². The maximum absolute atomic E-state index is 11.8. The van der Waals surface area contributed by atoms with Gasteiger partial charge in [0.1, 0.15) is 0 Å². The van der Waals surface area contributed by atoms with Gasteiger partial charge in [-0.05, 0) is 12.8 Å². The molecule has 4 nitrogen and oxygen atoms in total. The summed E-state index contributed by atoms with van der Waals surface area (Å²) in [6.45, 7) is 0.404. The van der Waals surface area contributed by atoms with E-state index in [1.165, 1.54) is 12.8 Å². The number of nitrogens with zero attached hydrogens (tertiary/aromatic N) is 1. The number of ether oxygens (including phenoxy) is 1. The molecule has 1 unspecified atom stereocenters. The molecule has 1 atom stereocenters. The van der Waals surface area contributed by atoms with Crippen LogP contribution in [0.2, 0.25) is 0 Å². The number of rotatable bonds is 5. The van der Waals surface area contributed by atoms with Gasteiger partial charge in [-0.25, -0.2) is 0 Å². The van der Waals surface area contributed by atoms with Crippen molar-refractivity contribution in [3.63, 3.8) is 0 Å².